The van der Waals surface area contributed by atoms with E-state index in [1.165, 1.54) is 6.92 Å². The van der Waals surface area contributed by atoms with Crippen LogP contribution in [0.3, 0.4) is 0 Å². The molecule has 0 saturated carbocycles. The van der Waals surface area contributed by atoms with E-state index in [2.05, 4.69) is 17.2 Å². The summed E-state index contributed by atoms with van der Waals surface area (Å²) >= 11 is 0. The first kappa shape index (κ1) is 23.2. The van der Waals surface area contributed by atoms with Crippen LogP contribution in [0.5, 0.6) is 0 Å². The Hall–Kier alpha value is -3.09. The van der Waals surface area contributed by atoms with Gasteiger partial charge in [0.15, 0.2) is 6.10 Å². The van der Waals surface area contributed by atoms with E-state index in [9.17, 15) is 14.4 Å². The smallest absolute Gasteiger partial charge is 0.340 e. The van der Waals surface area contributed by atoms with Crippen molar-refractivity contribution < 1.29 is 23.9 Å². The van der Waals surface area contributed by atoms with Crippen LogP contribution in [0, 0.1) is 13.8 Å². The number of aryl methyl sites for hydroxylation is 1. The molecular formula is C23H30N2O5. The molecule has 0 bridgehead atoms. The van der Waals surface area contributed by atoms with Gasteiger partial charge >= 0.3 is 11.9 Å². The van der Waals surface area contributed by atoms with E-state index in [0.717, 1.165) is 19.4 Å². The van der Waals surface area contributed by atoms with Crippen molar-refractivity contribution in [3.05, 3.63) is 52.3 Å². The topological polar surface area (TPSA) is 97.5 Å². The van der Waals surface area contributed by atoms with Gasteiger partial charge in [0.05, 0.1) is 23.4 Å². The van der Waals surface area contributed by atoms with Gasteiger partial charge in [0.25, 0.3) is 0 Å². The third-order valence-electron chi connectivity index (χ3n) is 4.81. The van der Waals surface area contributed by atoms with Crippen LogP contribution in [0.1, 0.15) is 76.1 Å². The summed E-state index contributed by atoms with van der Waals surface area (Å²) in [4.78, 5) is 40.7. The Morgan fingerprint density at radius 2 is 1.80 bits per heavy atom. The quantitative estimate of drug-likeness (QED) is 0.339. The van der Waals surface area contributed by atoms with Crippen LogP contribution in [0.4, 0.5) is 5.69 Å². The zero-order chi connectivity index (χ0) is 22.3. The predicted octanol–water partition coefficient (Wildman–Crippen LogP) is 4.45. The molecule has 1 heterocycles. The Morgan fingerprint density at radius 3 is 2.47 bits per heavy atom. The van der Waals surface area contributed by atoms with Crippen molar-refractivity contribution in [2.45, 2.75) is 53.6 Å². The number of esters is 2. The fourth-order valence-electron chi connectivity index (χ4n) is 3.20. The molecule has 0 fully saturated rings. The molecular weight excluding hydrogens is 384 g/mol. The number of para-hydroxylation sites is 1. The van der Waals surface area contributed by atoms with Crippen molar-refractivity contribution in [3.63, 3.8) is 0 Å². The fraction of sp³-hybridized carbons (Fsp3) is 0.435. The molecule has 1 atom stereocenters. The number of rotatable bonds is 10. The zero-order valence-electron chi connectivity index (χ0n) is 18.3. The normalized spacial score (nSPS) is 11.6. The second-order valence-electron chi connectivity index (χ2n) is 7.08. The number of benzene rings is 1. The van der Waals surface area contributed by atoms with Crippen LogP contribution in [0.25, 0.3) is 0 Å². The molecule has 7 heteroatoms. The van der Waals surface area contributed by atoms with E-state index >= 15 is 0 Å². The van der Waals surface area contributed by atoms with Gasteiger partial charge in [0.1, 0.15) is 0 Å². The van der Waals surface area contributed by atoms with Crippen LogP contribution in [0.15, 0.2) is 24.3 Å². The number of nitrogens with one attached hydrogen (secondary N) is 2. The number of Topliss-reactive ketones (excluding diaryl/α,β-unsaturated/α-hetero) is 1. The maximum atomic E-state index is 12.9. The number of aromatic amines is 1. The van der Waals surface area contributed by atoms with Gasteiger partial charge in [-0.25, -0.2) is 9.59 Å². The molecule has 1 aromatic heterocycles. The molecule has 0 radical (unpaired) electrons. The van der Waals surface area contributed by atoms with Gasteiger partial charge < -0.3 is 19.8 Å². The van der Waals surface area contributed by atoms with E-state index in [-0.39, 0.29) is 12.3 Å². The predicted molar refractivity (Wildman–Crippen MR) is 115 cm³/mol. The monoisotopic (exact) mass is 414 g/mol. The summed E-state index contributed by atoms with van der Waals surface area (Å²) in [5.41, 5.74) is 2.65. The minimum atomic E-state index is -1.02. The third kappa shape index (κ3) is 5.28. The Balaban J connectivity index is 2.16. The highest BCUT2D eigenvalue weighted by Crippen LogP contribution is 2.22. The highest BCUT2D eigenvalue weighted by Gasteiger charge is 2.28. The molecule has 0 amide bonds. The molecule has 0 aliphatic heterocycles. The minimum absolute atomic E-state index is 0.241. The van der Waals surface area contributed by atoms with Crippen molar-refractivity contribution >= 4 is 23.4 Å². The number of unbranched alkanes of at least 4 members (excludes halogenated alkanes) is 1. The summed E-state index contributed by atoms with van der Waals surface area (Å²) in [5.74, 6) is -1.47. The summed E-state index contributed by atoms with van der Waals surface area (Å²) in [5, 5.41) is 3.23. The first-order valence-corrected chi connectivity index (χ1v) is 10.3. The van der Waals surface area contributed by atoms with Gasteiger partial charge in [-0.15, -0.1) is 0 Å². The Bertz CT molecular complexity index is 916. The molecule has 2 rings (SSSR count). The molecule has 2 aromatic rings. The van der Waals surface area contributed by atoms with Gasteiger partial charge in [-0.05, 0) is 51.8 Å². The van der Waals surface area contributed by atoms with E-state index in [4.69, 9.17) is 9.47 Å². The Morgan fingerprint density at radius 1 is 1.10 bits per heavy atom. The lowest BCUT2D eigenvalue weighted by molar-refractivity contribution is 0.0317. The standard InChI is InChI=1S/C23H30N2O5/c1-6-8-13-24-18-12-10-9-11-17(18)22(27)30-16(5)21(26)20-14(3)19(15(4)25-20)23(28)29-7-2/h9-12,16,24-25H,6-8,13H2,1-5H3/t16-/m0/s1. The minimum Gasteiger partial charge on any atom is -0.462 e. The summed E-state index contributed by atoms with van der Waals surface area (Å²) in [6.45, 7) is 9.69. The number of anilines is 1. The highest BCUT2D eigenvalue weighted by molar-refractivity contribution is 6.05. The number of aromatic nitrogens is 1. The van der Waals surface area contributed by atoms with E-state index < -0.39 is 23.8 Å². The van der Waals surface area contributed by atoms with Gasteiger partial charge in [-0.3, -0.25) is 4.79 Å². The maximum absolute atomic E-state index is 12.9. The summed E-state index contributed by atoms with van der Waals surface area (Å²) in [7, 11) is 0. The molecule has 1 aromatic carbocycles. The third-order valence-corrected chi connectivity index (χ3v) is 4.81. The zero-order valence-corrected chi connectivity index (χ0v) is 18.3. The Labute approximate surface area is 177 Å². The van der Waals surface area contributed by atoms with Crippen molar-refractivity contribution in [1.82, 2.24) is 4.98 Å². The molecule has 0 spiro atoms. The SMILES string of the molecule is CCCCNc1ccccc1C(=O)O[C@@H](C)C(=O)c1[nH]c(C)c(C(=O)OCC)c1C. The summed E-state index contributed by atoms with van der Waals surface area (Å²) in [6, 6.07) is 7.05. The highest BCUT2D eigenvalue weighted by atomic mass is 16.5. The fourth-order valence-corrected chi connectivity index (χ4v) is 3.20. The number of hydrogen-bond donors (Lipinski definition) is 2. The second kappa shape index (κ2) is 10.6. The van der Waals surface area contributed by atoms with Gasteiger partial charge in [-0.2, -0.15) is 0 Å². The first-order valence-electron chi connectivity index (χ1n) is 10.3. The van der Waals surface area contributed by atoms with Crippen molar-refractivity contribution in [3.8, 4) is 0 Å². The molecule has 2 N–H and O–H groups in total. The van der Waals surface area contributed by atoms with Crippen LogP contribution in [-0.4, -0.2) is 42.0 Å². The molecule has 7 nitrogen and oxygen atoms in total. The molecule has 0 aliphatic carbocycles. The van der Waals surface area contributed by atoms with Crippen LogP contribution >= 0.6 is 0 Å². The second-order valence-corrected chi connectivity index (χ2v) is 7.08. The van der Waals surface area contributed by atoms with Crippen molar-refractivity contribution in [2.24, 2.45) is 0 Å². The lowest BCUT2D eigenvalue weighted by atomic mass is 10.1. The van der Waals surface area contributed by atoms with Gasteiger partial charge in [0, 0.05) is 17.9 Å². The largest absolute Gasteiger partial charge is 0.462 e. The molecule has 0 unspecified atom stereocenters. The van der Waals surface area contributed by atoms with Crippen molar-refractivity contribution in [2.75, 3.05) is 18.5 Å². The van der Waals surface area contributed by atoms with Crippen LogP contribution in [-0.2, 0) is 9.47 Å². The average Bonchev–Trinajstić information content (AvgIpc) is 3.02. The molecule has 30 heavy (non-hydrogen) atoms. The number of ketones is 1. The van der Waals surface area contributed by atoms with E-state index in [1.54, 1.807) is 32.9 Å². The summed E-state index contributed by atoms with van der Waals surface area (Å²) < 4.78 is 10.5. The first-order chi connectivity index (χ1) is 14.3. The molecule has 162 valence electrons. The molecule has 0 aliphatic rings. The Kier molecular flexibility index (Phi) is 8.21. The number of hydrogen-bond acceptors (Lipinski definition) is 6. The average molecular weight is 415 g/mol. The molecule has 0 saturated heterocycles. The van der Waals surface area contributed by atoms with E-state index in [0.29, 0.717) is 28.1 Å². The van der Waals surface area contributed by atoms with Gasteiger partial charge in [-0.1, -0.05) is 25.5 Å². The van der Waals surface area contributed by atoms with Crippen LogP contribution < -0.4 is 5.32 Å². The maximum Gasteiger partial charge on any atom is 0.340 e. The number of carbonyl (C=O) groups is 3. The number of ether oxygens (including phenoxy) is 2. The van der Waals surface area contributed by atoms with Crippen molar-refractivity contribution in [1.29, 1.82) is 0 Å². The lowest BCUT2D eigenvalue weighted by Gasteiger charge is -2.15. The summed E-state index contributed by atoms with van der Waals surface area (Å²) in [6.07, 6.45) is 0.994. The van der Waals surface area contributed by atoms with Crippen LogP contribution in [0.2, 0.25) is 0 Å². The van der Waals surface area contributed by atoms with Gasteiger partial charge in [0.2, 0.25) is 5.78 Å². The number of H-pyrrole nitrogens is 1. The number of carbonyl (C=O) groups excluding carboxylic acids is 3. The van der Waals surface area contributed by atoms with E-state index in [1.807, 2.05) is 12.1 Å². The lowest BCUT2D eigenvalue weighted by Crippen LogP contribution is -2.26.